The van der Waals surface area contributed by atoms with Crippen LogP contribution in [0.25, 0.3) is 0 Å². The minimum absolute atomic E-state index is 0.772. The van der Waals surface area contributed by atoms with Gasteiger partial charge in [0.1, 0.15) is 0 Å². The SMILES string of the molecule is C=CCCC1CCC2CC(c3ccc(Cl)cc3)CCC2C1. The van der Waals surface area contributed by atoms with Crippen LogP contribution in [0.5, 0.6) is 0 Å². The number of allylic oxidation sites excluding steroid dienone is 1. The Balaban J connectivity index is 1.57. The van der Waals surface area contributed by atoms with Crippen LogP contribution >= 0.6 is 11.6 Å². The van der Waals surface area contributed by atoms with E-state index in [1.54, 1.807) is 0 Å². The summed E-state index contributed by atoms with van der Waals surface area (Å²) in [5.74, 6) is 3.71. The Morgan fingerprint density at radius 2 is 1.71 bits per heavy atom. The van der Waals surface area contributed by atoms with Gasteiger partial charge in [0.25, 0.3) is 0 Å². The van der Waals surface area contributed by atoms with Crippen LogP contribution in [-0.2, 0) is 0 Å². The van der Waals surface area contributed by atoms with Crippen LogP contribution in [0, 0.1) is 17.8 Å². The Morgan fingerprint density at radius 1 is 1.00 bits per heavy atom. The van der Waals surface area contributed by atoms with Gasteiger partial charge in [-0.15, -0.1) is 6.58 Å². The summed E-state index contributed by atoms with van der Waals surface area (Å²) in [7, 11) is 0. The summed E-state index contributed by atoms with van der Waals surface area (Å²) in [6.45, 7) is 3.87. The standard InChI is InChI=1S/C20H27Cl/c1-2-3-4-15-5-6-19-14-18(8-7-17(19)13-15)16-9-11-20(21)12-10-16/h2,9-12,15,17-19H,1,3-8,13-14H2. The molecule has 114 valence electrons. The van der Waals surface area contributed by atoms with Crippen LogP contribution in [0.4, 0.5) is 0 Å². The van der Waals surface area contributed by atoms with E-state index in [1.165, 1.54) is 56.9 Å². The summed E-state index contributed by atoms with van der Waals surface area (Å²) in [5, 5.41) is 0.857. The Hall–Kier alpha value is -0.750. The normalized spacial score (nSPS) is 32.4. The average molecular weight is 303 g/mol. The first kappa shape index (κ1) is 15.2. The Morgan fingerprint density at radius 3 is 2.48 bits per heavy atom. The van der Waals surface area contributed by atoms with Crippen LogP contribution in [-0.4, -0.2) is 0 Å². The van der Waals surface area contributed by atoms with E-state index >= 15 is 0 Å². The first-order chi connectivity index (χ1) is 10.3. The maximum atomic E-state index is 6.01. The van der Waals surface area contributed by atoms with E-state index in [4.69, 9.17) is 11.6 Å². The highest BCUT2D eigenvalue weighted by atomic mass is 35.5. The molecule has 4 atom stereocenters. The minimum Gasteiger partial charge on any atom is -0.103 e. The quantitative estimate of drug-likeness (QED) is 0.549. The topological polar surface area (TPSA) is 0 Å². The van der Waals surface area contributed by atoms with E-state index in [0.29, 0.717) is 0 Å². The summed E-state index contributed by atoms with van der Waals surface area (Å²) in [5.41, 5.74) is 1.51. The molecule has 1 heteroatoms. The van der Waals surface area contributed by atoms with Crippen LogP contribution < -0.4 is 0 Å². The predicted octanol–water partition coefficient (Wildman–Crippen LogP) is 6.61. The van der Waals surface area contributed by atoms with E-state index in [1.807, 2.05) is 0 Å². The lowest BCUT2D eigenvalue weighted by molar-refractivity contribution is 0.115. The van der Waals surface area contributed by atoms with Crippen molar-refractivity contribution >= 4 is 11.6 Å². The Labute approximate surface area is 134 Å². The molecule has 0 bridgehead atoms. The van der Waals surface area contributed by atoms with Crippen molar-refractivity contribution in [2.24, 2.45) is 17.8 Å². The van der Waals surface area contributed by atoms with Gasteiger partial charge in [0, 0.05) is 5.02 Å². The lowest BCUT2D eigenvalue weighted by atomic mass is 9.63. The fourth-order valence-electron chi connectivity index (χ4n) is 4.64. The molecule has 0 spiro atoms. The lowest BCUT2D eigenvalue weighted by Crippen LogP contribution is -2.30. The maximum Gasteiger partial charge on any atom is 0.0406 e. The molecule has 0 amide bonds. The molecule has 0 N–H and O–H groups in total. The number of hydrogen-bond acceptors (Lipinski definition) is 0. The van der Waals surface area contributed by atoms with E-state index in [0.717, 1.165) is 28.7 Å². The van der Waals surface area contributed by atoms with Crippen LogP contribution in [0.2, 0.25) is 5.02 Å². The van der Waals surface area contributed by atoms with Crippen LogP contribution in [0.15, 0.2) is 36.9 Å². The molecule has 21 heavy (non-hydrogen) atoms. The van der Waals surface area contributed by atoms with Crippen LogP contribution in [0.1, 0.15) is 62.8 Å². The van der Waals surface area contributed by atoms with Gasteiger partial charge < -0.3 is 0 Å². The zero-order valence-corrected chi connectivity index (χ0v) is 13.7. The van der Waals surface area contributed by atoms with Gasteiger partial charge in [-0.2, -0.15) is 0 Å². The minimum atomic E-state index is 0.772. The van der Waals surface area contributed by atoms with Crippen molar-refractivity contribution in [3.05, 3.63) is 47.5 Å². The van der Waals surface area contributed by atoms with E-state index in [9.17, 15) is 0 Å². The second-order valence-electron chi connectivity index (χ2n) is 7.13. The fourth-order valence-corrected chi connectivity index (χ4v) is 4.77. The summed E-state index contributed by atoms with van der Waals surface area (Å²) in [4.78, 5) is 0. The van der Waals surface area contributed by atoms with E-state index in [-0.39, 0.29) is 0 Å². The molecular weight excluding hydrogens is 276 g/mol. The maximum absolute atomic E-state index is 6.01. The number of halogens is 1. The highest BCUT2D eigenvalue weighted by Gasteiger charge is 2.35. The Kier molecular flexibility index (Phi) is 5.06. The van der Waals surface area contributed by atoms with Gasteiger partial charge in [0.05, 0.1) is 0 Å². The van der Waals surface area contributed by atoms with Gasteiger partial charge in [0.15, 0.2) is 0 Å². The van der Waals surface area contributed by atoms with Crippen molar-refractivity contribution in [1.82, 2.24) is 0 Å². The molecule has 0 aromatic heterocycles. The predicted molar refractivity (Wildman–Crippen MR) is 91.8 cm³/mol. The third kappa shape index (κ3) is 3.72. The van der Waals surface area contributed by atoms with Gasteiger partial charge in [-0.05, 0) is 86.3 Å². The first-order valence-corrected chi connectivity index (χ1v) is 9.00. The summed E-state index contributed by atoms with van der Waals surface area (Å²) < 4.78 is 0. The molecule has 0 radical (unpaired) electrons. The van der Waals surface area contributed by atoms with Crippen molar-refractivity contribution in [3.63, 3.8) is 0 Å². The van der Waals surface area contributed by atoms with Crippen molar-refractivity contribution in [2.75, 3.05) is 0 Å². The number of hydrogen-bond donors (Lipinski definition) is 0. The zero-order chi connectivity index (χ0) is 14.7. The molecule has 1 aromatic carbocycles. The second-order valence-corrected chi connectivity index (χ2v) is 7.56. The molecule has 2 aliphatic rings. The number of fused-ring (bicyclic) bond motifs is 1. The van der Waals surface area contributed by atoms with E-state index in [2.05, 4.69) is 36.9 Å². The molecule has 4 unspecified atom stereocenters. The van der Waals surface area contributed by atoms with Gasteiger partial charge >= 0.3 is 0 Å². The molecule has 2 aliphatic carbocycles. The zero-order valence-electron chi connectivity index (χ0n) is 12.9. The summed E-state index contributed by atoms with van der Waals surface area (Å²) in [6, 6.07) is 8.58. The monoisotopic (exact) mass is 302 g/mol. The molecule has 0 nitrogen and oxygen atoms in total. The van der Waals surface area contributed by atoms with Gasteiger partial charge in [-0.25, -0.2) is 0 Å². The van der Waals surface area contributed by atoms with E-state index < -0.39 is 0 Å². The molecule has 3 rings (SSSR count). The second kappa shape index (κ2) is 7.01. The van der Waals surface area contributed by atoms with Crippen molar-refractivity contribution in [3.8, 4) is 0 Å². The molecule has 1 aromatic rings. The highest BCUT2D eigenvalue weighted by Crippen LogP contribution is 2.48. The van der Waals surface area contributed by atoms with Crippen molar-refractivity contribution < 1.29 is 0 Å². The molecule has 2 saturated carbocycles. The largest absolute Gasteiger partial charge is 0.103 e. The van der Waals surface area contributed by atoms with Gasteiger partial charge in [-0.1, -0.05) is 36.2 Å². The number of rotatable bonds is 4. The average Bonchev–Trinajstić information content (AvgIpc) is 2.53. The van der Waals surface area contributed by atoms with Crippen molar-refractivity contribution in [1.29, 1.82) is 0 Å². The number of benzene rings is 1. The van der Waals surface area contributed by atoms with Gasteiger partial charge in [0.2, 0.25) is 0 Å². The molecular formula is C20H27Cl. The highest BCUT2D eigenvalue weighted by molar-refractivity contribution is 6.30. The molecule has 0 saturated heterocycles. The summed E-state index contributed by atoms with van der Waals surface area (Å²) in [6.07, 6.45) is 13.2. The third-order valence-corrected chi connectivity index (χ3v) is 6.09. The molecule has 0 heterocycles. The fraction of sp³-hybridized carbons (Fsp3) is 0.600. The van der Waals surface area contributed by atoms with Crippen LogP contribution in [0.3, 0.4) is 0 Å². The van der Waals surface area contributed by atoms with Crippen molar-refractivity contribution in [2.45, 2.75) is 57.3 Å². The smallest absolute Gasteiger partial charge is 0.0406 e. The molecule has 2 fully saturated rings. The van der Waals surface area contributed by atoms with Gasteiger partial charge in [-0.3, -0.25) is 0 Å². The first-order valence-electron chi connectivity index (χ1n) is 8.62. The molecule has 0 aliphatic heterocycles. The summed E-state index contributed by atoms with van der Waals surface area (Å²) >= 11 is 6.01. The lowest BCUT2D eigenvalue weighted by Gasteiger charge is -2.42. The third-order valence-electron chi connectivity index (χ3n) is 5.84. The Bertz CT molecular complexity index is 461.